The molecule has 0 bridgehead atoms. The zero-order chi connectivity index (χ0) is 17.3. The number of rotatable bonds is 8. The summed E-state index contributed by atoms with van der Waals surface area (Å²) in [6.07, 6.45) is 4.49. The van der Waals surface area contributed by atoms with Gasteiger partial charge in [0, 0.05) is 57.6 Å². The van der Waals surface area contributed by atoms with Crippen LogP contribution in [-0.2, 0) is 11.2 Å². The number of thiazole rings is 1. The van der Waals surface area contributed by atoms with Gasteiger partial charge in [-0.3, -0.25) is 9.89 Å². The van der Waals surface area contributed by atoms with Gasteiger partial charge in [-0.25, -0.2) is 4.98 Å². The summed E-state index contributed by atoms with van der Waals surface area (Å²) >= 11 is 1.75. The van der Waals surface area contributed by atoms with Gasteiger partial charge < -0.3 is 20.7 Å². The van der Waals surface area contributed by atoms with E-state index in [0.29, 0.717) is 5.96 Å². The molecule has 3 rings (SSSR count). The van der Waals surface area contributed by atoms with Gasteiger partial charge in [-0.1, -0.05) is 0 Å². The molecule has 3 heterocycles. The molecule has 0 atom stereocenters. The third-order valence-electron chi connectivity index (χ3n) is 4.62. The molecule has 0 radical (unpaired) electrons. The molecule has 0 unspecified atom stereocenters. The van der Waals surface area contributed by atoms with Crippen LogP contribution in [0.5, 0.6) is 0 Å². The molecule has 2 aliphatic rings. The minimum atomic E-state index is 0. The highest BCUT2D eigenvalue weighted by molar-refractivity contribution is 14.0. The Hall–Kier alpha value is -0.650. The van der Waals surface area contributed by atoms with Crippen LogP contribution in [-0.4, -0.2) is 74.9 Å². The maximum absolute atomic E-state index is 5.94. The highest BCUT2D eigenvalue weighted by Gasteiger charge is 2.15. The van der Waals surface area contributed by atoms with Gasteiger partial charge in [0.2, 0.25) is 0 Å². The fraction of sp³-hybridized carbons (Fsp3) is 0.765. The van der Waals surface area contributed by atoms with Crippen LogP contribution in [0.4, 0.5) is 5.13 Å². The van der Waals surface area contributed by atoms with Crippen LogP contribution < -0.4 is 16.0 Å². The first-order valence-corrected chi connectivity index (χ1v) is 10.2. The van der Waals surface area contributed by atoms with Crippen molar-refractivity contribution in [3.05, 3.63) is 11.1 Å². The summed E-state index contributed by atoms with van der Waals surface area (Å²) in [5.41, 5.74) is 7.08. The van der Waals surface area contributed by atoms with Crippen LogP contribution in [0.25, 0.3) is 0 Å². The molecule has 0 spiro atoms. The number of halogens is 1. The lowest BCUT2D eigenvalue weighted by Crippen LogP contribution is -2.37. The number of morpholine rings is 1. The maximum Gasteiger partial charge on any atom is 0.188 e. The van der Waals surface area contributed by atoms with Gasteiger partial charge in [-0.15, -0.1) is 35.3 Å². The summed E-state index contributed by atoms with van der Waals surface area (Å²) in [5.74, 6) is 0.539. The summed E-state index contributed by atoms with van der Waals surface area (Å²) in [7, 11) is 0. The van der Waals surface area contributed by atoms with E-state index < -0.39 is 0 Å². The molecule has 2 fully saturated rings. The Morgan fingerprint density at radius 2 is 2.04 bits per heavy atom. The second kappa shape index (κ2) is 11.9. The smallest absolute Gasteiger partial charge is 0.188 e. The molecule has 1 aromatic heterocycles. The number of hydrogen-bond acceptors (Lipinski definition) is 6. The van der Waals surface area contributed by atoms with Crippen LogP contribution in [0, 0.1) is 0 Å². The van der Waals surface area contributed by atoms with Gasteiger partial charge in [-0.2, -0.15) is 0 Å². The zero-order valence-corrected chi connectivity index (χ0v) is 18.5. The molecule has 1 aromatic rings. The summed E-state index contributed by atoms with van der Waals surface area (Å²) in [6, 6.07) is 0. The molecule has 9 heteroatoms. The van der Waals surface area contributed by atoms with Crippen LogP contribution in [0.2, 0.25) is 0 Å². The van der Waals surface area contributed by atoms with Gasteiger partial charge in [0.15, 0.2) is 11.1 Å². The van der Waals surface area contributed by atoms with E-state index in [4.69, 9.17) is 15.5 Å². The summed E-state index contributed by atoms with van der Waals surface area (Å²) in [4.78, 5) is 13.9. The Kier molecular flexibility index (Phi) is 9.94. The summed E-state index contributed by atoms with van der Waals surface area (Å²) < 4.78 is 5.35. The lowest BCUT2D eigenvalue weighted by Gasteiger charge is -2.26. The number of anilines is 1. The number of aromatic nitrogens is 1. The molecule has 7 nitrogen and oxygen atoms in total. The number of guanidine groups is 1. The minimum absolute atomic E-state index is 0. The average molecular weight is 494 g/mol. The number of nitrogens with zero attached hydrogens (tertiary/aromatic N) is 4. The Morgan fingerprint density at radius 3 is 2.81 bits per heavy atom. The predicted octanol–water partition coefficient (Wildman–Crippen LogP) is 1.53. The Morgan fingerprint density at radius 1 is 1.27 bits per heavy atom. The molecule has 2 saturated heterocycles. The Bertz CT molecular complexity index is 543. The topological polar surface area (TPSA) is 79.0 Å². The van der Waals surface area contributed by atoms with Crippen molar-refractivity contribution < 1.29 is 4.74 Å². The quantitative estimate of drug-likeness (QED) is 0.247. The fourth-order valence-corrected chi connectivity index (χ4v) is 4.07. The van der Waals surface area contributed by atoms with Crippen molar-refractivity contribution >= 4 is 46.4 Å². The van der Waals surface area contributed by atoms with Crippen molar-refractivity contribution in [2.45, 2.75) is 25.7 Å². The normalized spacial score (nSPS) is 18.8. The summed E-state index contributed by atoms with van der Waals surface area (Å²) in [6.45, 7) is 8.68. The second-order valence-corrected chi connectivity index (χ2v) is 7.40. The van der Waals surface area contributed by atoms with Crippen LogP contribution in [0.1, 0.15) is 25.0 Å². The monoisotopic (exact) mass is 494 g/mol. The van der Waals surface area contributed by atoms with E-state index in [1.165, 1.54) is 12.8 Å². The van der Waals surface area contributed by atoms with Crippen molar-refractivity contribution in [1.29, 1.82) is 0 Å². The summed E-state index contributed by atoms with van der Waals surface area (Å²) in [5, 5.41) is 6.52. The SMILES string of the molecule is I.NC(=NCCCN1CCOCC1)NCCc1csc(N2CCCC2)n1. The Labute approximate surface area is 177 Å². The van der Waals surface area contributed by atoms with E-state index >= 15 is 0 Å². The van der Waals surface area contributed by atoms with Crippen LogP contribution >= 0.6 is 35.3 Å². The standard InChI is InChI=1S/C17H30N6OS.HI/c18-16(19-5-3-7-22-10-12-24-13-11-22)20-6-4-15-14-25-17(21-15)23-8-1-2-9-23;/h14H,1-13H2,(H3,18,19,20);1H. The van der Waals surface area contributed by atoms with Crippen molar-refractivity contribution in [1.82, 2.24) is 15.2 Å². The number of nitrogens with two attached hydrogens (primary N) is 1. The van der Waals surface area contributed by atoms with E-state index in [0.717, 1.165) is 82.7 Å². The third kappa shape index (κ3) is 7.16. The highest BCUT2D eigenvalue weighted by Crippen LogP contribution is 2.24. The Balaban J connectivity index is 0.00000243. The lowest BCUT2D eigenvalue weighted by atomic mass is 10.3. The van der Waals surface area contributed by atoms with E-state index in [1.807, 2.05) is 0 Å². The molecular formula is C17H31IN6OS. The molecule has 3 N–H and O–H groups in total. The lowest BCUT2D eigenvalue weighted by molar-refractivity contribution is 0.0377. The van der Waals surface area contributed by atoms with Gasteiger partial charge in [0.25, 0.3) is 0 Å². The van der Waals surface area contributed by atoms with E-state index in [1.54, 1.807) is 11.3 Å². The van der Waals surface area contributed by atoms with E-state index in [-0.39, 0.29) is 24.0 Å². The van der Waals surface area contributed by atoms with Gasteiger partial charge >= 0.3 is 0 Å². The molecule has 0 aliphatic carbocycles. The average Bonchev–Trinajstić information content (AvgIpc) is 3.31. The molecule has 148 valence electrons. The predicted molar refractivity (Wildman–Crippen MR) is 119 cm³/mol. The zero-order valence-electron chi connectivity index (χ0n) is 15.4. The third-order valence-corrected chi connectivity index (χ3v) is 5.57. The van der Waals surface area contributed by atoms with Crippen LogP contribution in [0.3, 0.4) is 0 Å². The second-order valence-electron chi connectivity index (χ2n) is 6.57. The molecule has 0 saturated carbocycles. The van der Waals surface area contributed by atoms with Crippen LogP contribution in [0.15, 0.2) is 10.4 Å². The molecule has 2 aliphatic heterocycles. The number of ether oxygens (including phenoxy) is 1. The molecular weight excluding hydrogens is 463 g/mol. The number of aliphatic imine (C=N–C) groups is 1. The number of hydrogen-bond donors (Lipinski definition) is 2. The molecule has 26 heavy (non-hydrogen) atoms. The first-order valence-electron chi connectivity index (χ1n) is 9.34. The van der Waals surface area contributed by atoms with Gasteiger partial charge in [0.05, 0.1) is 18.9 Å². The largest absolute Gasteiger partial charge is 0.379 e. The van der Waals surface area contributed by atoms with E-state index in [9.17, 15) is 0 Å². The van der Waals surface area contributed by atoms with Gasteiger partial charge in [-0.05, 0) is 19.3 Å². The van der Waals surface area contributed by atoms with Crippen molar-refractivity contribution in [3.63, 3.8) is 0 Å². The molecule has 0 aromatic carbocycles. The van der Waals surface area contributed by atoms with Crippen molar-refractivity contribution in [2.75, 3.05) is 63.9 Å². The van der Waals surface area contributed by atoms with Crippen molar-refractivity contribution in [3.8, 4) is 0 Å². The van der Waals surface area contributed by atoms with Gasteiger partial charge in [0.1, 0.15) is 0 Å². The van der Waals surface area contributed by atoms with Crippen molar-refractivity contribution in [2.24, 2.45) is 10.7 Å². The number of nitrogens with one attached hydrogen (secondary N) is 1. The minimum Gasteiger partial charge on any atom is -0.379 e. The first kappa shape index (κ1) is 21.6. The van der Waals surface area contributed by atoms with E-state index in [2.05, 4.69) is 25.5 Å². The molecule has 0 amide bonds. The highest BCUT2D eigenvalue weighted by atomic mass is 127. The maximum atomic E-state index is 5.94. The first-order chi connectivity index (χ1) is 12.3. The fourth-order valence-electron chi connectivity index (χ4n) is 3.16.